The van der Waals surface area contributed by atoms with Crippen LogP contribution < -0.4 is 4.74 Å². The second kappa shape index (κ2) is 4.62. The van der Waals surface area contributed by atoms with Crippen molar-refractivity contribution in [2.75, 3.05) is 13.7 Å². The molecule has 0 aliphatic rings. The lowest BCUT2D eigenvalue weighted by molar-refractivity contribution is 0.343. The van der Waals surface area contributed by atoms with Crippen LogP contribution in [0.4, 0.5) is 4.39 Å². The number of methoxy groups -OCH3 is 1. The van der Waals surface area contributed by atoms with Crippen LogP contribution in [0, 0.1) is 5.82 Å². The molecule has 0 amide bonds. The largest absolute Gasteiger partial charge is 0.493 e. The average molecular weight is 182 g/mol. The summed E-state index contributed by atoms with van der Waals surface area (Å²) in [5, 5.41) is 8.54. The second-order valence-electron chi connectivity index (χ2n) is 2.45. The lowest BCUT2D eigenvalue weighted by Crippen LogP contribution is -1.90. The predicted molar refractivity (Wildman–Crippen MR) is 49.1 cm³/mol. The molecule has 13 heavy (non-hydrogen) atoms. The Balaban J connectivity index is 3.05. The van der Waals surface area contributed by atoms with E-state index >= 15 is 0 Å². The van der Waals surface area contributed by atoms with Gasteiger partial charge in [-0.2, -0.15) is 0 Å². The summed E-state index contributed by atoms with van der Waals surface area (Å²) in [6, 6.07) is 4.64. The topological polar surface area (TPSA) is 29.5 Å². The molecule has 0 aromatic heterocycles. The van der Waals surface area contributed by atoms with Crippen LogP contribution in [0.5, 0.6) is 5.75 Å². The zero-order valence-electron chi connectivity index (χ0n) is 7.33. The van der Waals surface area contributed by atoms with Crippen LogP contribution in [0.25, 0.3) is 6.08 Å². The van der Waals surface area contributed by atoms with Crippen molar-refractivity contribution in [3.8, 4) is 5.75 Å². The van der Waals surface area contributed by atoms with E-state index in [0.29, 0.717) is 5.56 Å². The van der Waals surface area contributed by atoms with Gasteiger partial charge in [-0.1, -0.05) is 24.3 Å². The molecule has 0 spiro atoms. The number of hydrogen-bond donors (Lipinski definition) is 1. The Hall–Kier alpha value is -1.35. The number of para-hydroxylation sites is 1. The highest BCUT2D eigenvalue weighted by molar-refractivity contribution is 5.57. The molecule has 0 fully saturated rings. The fraction of sp³-hybridized carbons (Fsp3) is 0.200. The van der Waals surface area contributed by atoms with E-state index in [1.807, 2.05) is 0 Å². The van der Waals surface area contributed by atoms with Crippen molar-refractivity contribution in [2.45, 2.75) is 0 Å². The molecule has 0 aliphatic carbocycles. The maximum Gasteiger partial charge on any atom is 0.165 e. The number of aliphatic hydroxyl groups is 1. The third kappa shape index (κ3) is 2.29. The molecule has 1 rings (SSSR count). The van der Waals surface area contributed by atoms with Crippen LogP contribution >= 0.6 is 0 Å². The number of aliphatic hydroxyl groups excluding tert-OH is 1. The van der Waals surface area contributed by atoms with Gasteiger partial charge in [0.25, 0.3) is 0 Å². The van der Waals surface area contributed by atoms with Crippen molar-refractivity contribution in [3.05, 3.63) is 35.7 Å². The Bertz CT molecular complexity index is 308. The molecule has 70 valence electrons. The third-order valence-electron chi connectivity index (χ3n) is 1.60. The molecule has 0 unspecified atom stereocenters. The minimum Gasteiger partial charge on any atom is -0.493 e. The van der Waals surface area contributed by atoms with Crippen molar-refractivity contribution in [3.63, 3.8) is 0 Å². The highest BCUT2D eigenvalue weighted by Crippen LogP contribution is 2.22. The minimum atomic E-state index is -0.400. The first-order chi connectivity index (χ1) is 6.29. The van der Waals surface area contributed by atoms with Gasteiger partial charge in [0.2, 0.25) is 0 Å². The van der Waals surface area contributed by atoms with Crippen LogP contribution in [0.2, 0.25) is 0 Å². The van der Waals surface area contributed by atoms with Gasteiger partial charge in [-0.05, 0) is 6.07 Å². The van der Waals surface area contributed by atoms with E-state index in [1.165, 1.54) is 19.3 Å². The summed E-state index contributed by atoms with van der Waals surface area (Å²) >= 11 is 0. The lowest BCUT2D eigenvalue weighted by Gasteiger charge is -2.04. The molecule has 0 radical (unpaired) electrons. The fourth-order valence-electron chi connectivity index (χ4n) is 1.05. The molecule has 1 N–H and O–H groups in total. The molecular weight excluding hydrogens is 171 g/mol. The number of hydrogen-bond acceptors (Lipinski definition) is 2. The number of halogens is 1. The summed E-state index contributed by atoms with van der Waals surface area (Å²) in [5.41, 5.74) is 0.622. The van der Waals surface area contributed by atoms with E-state index in [9.17, 15) is 4.39 Å². The Morgan fingerprint density at radius 2 is 2.31 bits per heavy atom. The zero-order valence-corrected chi connectivity index (χ0v) is 7.33. The molecule has 0 bridgehead atoms. The maximum atomic E-state index is 13.1. The molecule has 2 nitrogen and oxygen atoms in total. The van der Waals surface area contributed by atoms with E-state index in [-0.39, 0.29) is 12.4 Å². The van der Waals surface area contributed by atoms with Crippen molar-refractivity contribution < 1.29 is 14.2 Å². The maximum absolute atomic E-state index is 13.1. The standard InChI is InChI=1S/C10H11FO2/c1-13-10-8(5-3-7-12)4-2-6-9(10)11/h2-6,12H,7H2,1H3/b5-3+. The zero-order chi connectivity index (χ0) is 9.68. The van der Waals surface area contributed by atoms with Gasteiger partial charge in [0.05, 0.1) is 13.7 Å². The van der Waals surface area contributed by atoms with Crippen LogP contribution in [0.3, 0.4) is 0 Å². The number of rotatable bonds is 3. The molecule has 0 saturated carbocycles. The van der Waals surface area contributed by atoms with Crippen molar-refractivity contribution in [1.29, 1.82) is 0 Å². The number of ether oxygens (including phenoxy) is 1. The second-order valence-corrected chi connectivity index (χ2v) is 2.45. The van der Waals surface area contributed by atoms with E-state index in [2.05, 4.69) is 0 Å². The monoisotopic (exact) mass is 182 g/mol. The first-order valence-corrected chi connectivity index (χ1v) is 3.89. The van der Waals surface area contributed by atoms with Crippen molar-refractivity contribution in [1.82, 2.24) is 0 Å². The fourth-order valence-corrected chi connectivity index (χ4v) is 1.05. The molecule has 1 aromatic rings. The van der Waals surface area contributed by atoms with Gasteiger partial charge in [0, 0.05) is 5.56 Å². The summed E-state index contributed by atoms with van der Waals surface area (Å²) in [6.45, 7) is -0.0698. The molecule has 0 atom stereocenters. The summed E-state index contributed by atoms with van der Waals surface area (Å²) in [4.78, 5) is 0. The van der Waals surface area contributed by atoms with E-state index in [0.717, 1.165) is 0 Å². The van der Waals surface area contributed by atoms with E-state index in [4.69, 9.17) is 9.84 Å². The summed E-state index contributed by atoms with van der Waals surface area (Å²) in [6.07, 6.45) is 3.14. The SMILES string of the molecule is COc1c(F)cccc1/C=C/CO. The smallest absolute Gasteiger partial charge is 0.165 e. The molecule has 1 aromatic carbocycles. The molecule has 0 aliphatic heterocycles. The van der Waals surface area contributed by atoms with Gasteiger partial charge in [0.15, 0.2) is 11.6 Å². The summed E-state index contributed by atoms with van der Waals surface area (Å²) in [7, 11) is 1.41. The minimum absolute atomic E-state index is 0.0698. The van der Waals surface area contributed by atoms with Gasteiger partial charge in [-0.15, -0.1) is 0 Å². The first-order valence-electron chi connectivity index (χ1n) is 3.89. The molecule has 0 heterocycles. The van der Waals surface area contributed by atoms with Gasteiger partial charge in [-0.25, -0.2) is 4.39 Å². The van der Waals surface area contributed by atoms with E-state index < -0.39 is 5.82 Å². The summed E-state index contributed by atoms with van der Waals surface area (Å²) in [5.74, 6) is -0.199. The normalized spacial score (nSPS) is 10.7. The highest BCUT2D eigenvalue weighted by Gasteiger charge is 2.04. The first kappa shape index (κ1) is 9.74. The number of benzene rings is 1. The molecule has 0 saturated heterocycles. The average Bonchev–Trinajstić information content (AvgIpc) is 2.15. The Kier molecular flexibility index (Phi) is 3.46. The van der Waals surface area contributed by atoms with Crippen LogP contribution in [0.1, 0.15) is 5.56 Å². The third-order valence-corrected chi connectivity index (χ3v) is 1.60. The van der Waals surface area contributed by atoms with Gasteiger partial charge < -0.3 is 9.84 Å². The highest BCUT2D eigenvalue weighted by atomic mass is 19.1. The predicted octanol–water partition coefficient (Wildman–Crippen LogP) is 1.84. The van der Waals surface area contributed by atoms with Crippen molar-refractivity contribution >= 4 is 6.08 Å². The molecular formula is C10H11FO2. The van der Waals surface area contributed by atoms with Crippen LogP contribution in [0.15, 0.2) is 24.3 Å². The van der Waals surface area contributed by atoms with Gasteiger partial charge >= 0.3 is 0 Å². The van der Waals surface area contributed by atoms with Crippen LogP contribution in [-0.4, -0.2) is 18.8 Å². The van der Waals surface area contributed by atoms with Crippen molar-refractivity contribution in [2.24, 2.45) is 0 Å². The Labute approximate surface area is 76.3 Å². The lowest BCUT2D eigenvalue weighted by atomic mass is 10.2. The quantitative estimate of drug-likeness (QED) is 0.772. The Morgan fingerprint density at radius 1 is 1.54 bits per heavy atom. The summed E-state index contributed by atoms with van der Waals surface area (Å²) < 4.78 is 17.9. The van der Waals surface area contributed by atoms with Gasteiger partial charge in [0.1, 0.15) is 0 Å². The van der Waals surface area contributed by atoms with Gasteiger partial charge in [-0.3, -0.25) is 0 Å². The Morgan fingerprint density at radius 3 is 2.92 bits per heavy atom. The van der Waals surface area contributed by atoms with Crippen LogP contribution in [-0.2, 0) is 0 Å². The molecule has 3 heteroatoms. The van der Waals surface area contributed by atoms with E-state index in [1.54, 1.807) is 18.2 Å².